The third-order valence-corrected chi connectivity index (χ3v) is 5.66. The minimum Gasteiger partial charge on any atom is -0.497 e. The Labute approximate surface area is 126 Å². The van der Waals surface area contributed by atoms with E-state index in [1.165, 1.54) is 6.26 Å². The molecule has 0 radical (unpaired) electrons. The molecular formula is C14H23NO3S2. The molecule has 0 fully saturated rings. The van der Waals surface area contributed by atoms with Crippen molar-refractivity contribution < 1.29 is 13.2 Å². The molecule has 2 atom stereocenters. The molecule has 0 spiro atoms. The number of thioether (sulfide) groups is 1. The summed E-state index contributed by atoms with van der Waals surface area (Å²) < 4.78 is 27.7. The number of benzene rings is 1. The molecule has 2 N–H and O–H groups in total. The van der Waals surface area contributed by atoms with Gasteiger partial charge in [0.15, 0.2) is 0 Å². The lowest BCUT2D eigenvalue weighted by Crippen LogP contribution is -2.26. The molecule has 1 aromatic rings. The van der Waals surface area contributed by atoms with E-state index in [2.05, 4.69) is 0 Å². The lowest BCUT2D eigenvalue weighted by Gasteiger charge is -2.23. The summed E-state index contributed by atoms with van der Waals surface area (Å²) in [6, 6.07) is 7.79. The number of methoxy groups -OCH3 is 1. The first-order chi connectivity index (χ1) is 9.37. The van der Waals surface area contributed by atoms with Gasteiger partial charge in [-0.1, -0.05) is 19.1 Å². The van der Waals surface area contributed by atoms with Gasteiger partial charge in [0, 0.05) is 23.3 Å². The van der Waals surface area contributed by atoms with Crippen molar-refractivity contribution in [1.29, 1.82) is 0 Å². The largest absolute Gasteiger partial charge is 0.497 e. The van der Waals surface area contributed by atoms with Crippen LogP contribution in [0.3, 0.4) is 0 Å². The molecule has 1 aromatic carbocycles. The van der Waals surface area contributed by atoms with Crippen molar-refractivity contribution in [2.45, 2.75) is 24.6 Å². The second-order valence-corrected chi connectivity index (χ2v) is 8.28. The summed E-state index contributed by atoms with van der Waals surface area (Å²) in [4.78, 5) is 0. The van der Waals surface area contributed by atoms with Gasteiger partial charge >= 0.3 is 0 Å². The van der Waals surface area contributed by atoms with Gasteiger partial charge in [-0.15, -0.1) is 0 Å². The highest BCUT2D eigenvalue weighted by Crippen LogP contribution is 2.34. The van der Waals surface area contributed by atoms with Crippen LogP contribution in [-0.4, -0.2) is 39.3 Å². The summed E-state index contributed by atoms with van der Waals surface area (Å²) in [5, 5.41) is 0.0804. The molecule has 0 saturated carbocycles. The topological polar surface area (TPSA) is 69.4 Å². The quantitative estimate of drug-likeness (QED) is 0.796. The molecule has 0 aliphatic rings. The molecule has 4 nitrogen and oxygen atoms in total. The lowest BCUT2D eigenvalue weighted by molar-refractivity contribution is 0.414. The highest BCUT2D eigenvalue weighted by Gasteiger charge is 2.20. The van der Waals surface area contributed by atoms with Gasteiger partial charge in [0.25, 0.3) is 0 Å². The number of hydrogen-bond donors (Lipinski definition) is 1. The molecule has 0 aliphatic carbocycles. The van der Waals surface area contributed by atoms with Crippen molar-refractivity contribution in [1.82, 2.24) is 0 Å². The molecule has 114 valence electrons. The molecule has 0 bridgehead atoms. The van der Waals surface area contributed by atoms with E-state index in [9.17, 15) is 8.42 Å². The standard InChI is InChI=1S/C14H23NO3S2/c1-4-13(15)14(19-8-9-20(3,16)17)11-6-5-7-12(10-11)18-2/h5-7,10,13-14H,4,8-9,15H2,1-3H3. The molecular weight excluding hydrogens is 294 g/mol. The van der Waals surface area contributed by atoms with Crippen molar-refractivity contribution in [3.05, 3.63) is 29.8 Å². The first-order valence-electron chi connectivity index (χ1n) is 6.56. The summed E-state index contributed by atoms with van der Waals surface area (Å²) >= 11 is 1.59. The zero-order chi connectivity index (χ0) is 15.2. The molecule has 0 amide bonds. The van der Waals surface area contributed by atoms with Gasteiger partial charge in [-0.25, -0.2) is 8.42 Å². The average molecular weight is 317 g/mol. The second kappa shape index (κ2) is 7.90. The van der Waals surface area contributed by atoms with Crippen LogP contribution >= 0.6 is 11.8 Å². The maximum absolute atomic E-state index is 11.2. The Balaban J connectivity index is 2.83. The van der Waals surface area contributed by atoms with Crippen LogP contribution in [0.1, 0.15) is 24.2 Å². The fraction of sp³-hybridized carbons (Fsp3) is 0.571. The van der Waals surface area contributed by atoms with E-state index in [-0.39, 0.29) is 17.0 Å². The molecule has 2 unspecified atom stereocenters. The SMILES string of the molecule is CCC(N)C(SCCS(C)(=O)=O)c1cccc(OC)c1. The van der Waals surface area contributed by atoms with Crippen LogP contribution in [-0.2, 0) is 9.84 Å². The highest BCUT2D eigenvalue weighted by atomic mass is 32.2. The van der Waals surface area contributed by atoms with Gasteiger partial charge in [0.2, 0.25) is 0 Å². The number of sulfone groups is 1. The van der Waals surface area contributed by atoms with Gasteiger partial charge in [0.1, 0.15) is 15.6 Å². The summed E-state index contributed by atoms with van der Waals surface area (Å²) in [6.45, 7) is 2.04. The van der Waals surface area contributed by atoms with Gasteiger partial charge < -0.3 is 10.5 Å². The normalized spacial score (nSPS) is 14.8. The smallest absolute Gasteiger partial charge is 0.148 e. The predicted octanol–water partition coefficient (Wildman–Crippen LogP) is 2.25. The summed E-state index contributed by atoms with van der Waals surface area (Å²) in [7, 11) is -1.30. The van der Waals surface area contributed by atoms with E-state index in [4.69, 9.17) is 10.5 Å². The van der Waals surface area contributed by atoms with Crippen LogP contribution in [0.4, 0.5) is 0 Å². The van der Waals surface area contributed by atoms with Crippen LogP contribution < -0.4 is 10.5 Å². The zero-order valence-electron chi connectivity index (χ0n) is 12.2. The molecule has 0 aromatic heterocycles. The molecule has 0 heterocycles. The monoisotopic (exact) mass is 317 g/mol. The molecule has 6 heteroatoms. The Kier molecular flexibility index (Phi) is 6.85. The van der Waals surface area contributed by atoms with Crippen molar-refractivity contribution in [2.75, 3.05) is 24.9 Å². The van der Waals surface area contributed by atoms with Crippen LogP contribution in [0, 0.1) is 0 Å². The van der Waals surface area contributed by atoms with Gasteiger partial charge in [-0.2, -0.15) is 11.8 Å². The van der Waals surface area contributed by atoms with Gasteiger partial charge in [-0.05, 0) is 24.1 Å². The van der Waals surface area contributed by atoms with E-state index in [1.807, 2.05) is 31.2 Å². The van der Waals surface area contributed by atoms with E-state index in [0.717, 1.165) is 17.7 Å². The molecule has 0 saturated heterocycles. The number of ether oxygens (including phenoxy) is 1. The van der Waals surface area contributed by atoms with Crippen LogP contribution in [0.5, 0.6) is 5.75 Å². The Bertz CT molecular complexity index is 517. The zero-order valence-corrected chi connectivity index (χ0v) is 13.8. The third-order valence-electron chi connectivity index (χ3n) is 3.03. The van der Waals surface area contributed by atoms with E-state index in [1.54, 1.807) is 18.9 Å². The summed E-state index contributed by atoms with van der Waals surface area (Å²) in [5.74, 6) is 1.52. The van der Waals surface area contributed by atoms with Crippen molar-refractivity contribution >= 4 is 21.6 Å². The third kappa shape index (κ3) is 5.73. The van der Waals surface area contributed by atoms with Crippen molar-refractivity contribution in [3.8, 4) is 5.75 Å². The number of nitrogens with two attached hydrogens (primary N) is 1. The van der Waals surface area contributed by atoms with E-state index >= 15 is 0 Å². The summed E-state index contributed by atoms with van der Waals surface area (Å²) in [6.07, 6.45) is 2.10. The fourth-order valence-corrected chi connectivity index (χ4v) is 4.45. The fourth-order valence-electron chi connectivity index (χ4n) is 1.83. The van der Waals surface area contributed by atoms with E-state index in [0.29, 0.717) is 5.75 Å². The Hall–Kier alpha value is -0.720. The maximum atomic E-state index is 11.2. The lowest BCUT2D eigenvalue weighted by atomic mass is 10.0. The van der Waals surface area contributed by atoms with Crippen molar-refractivity contribution in [2.24, 2.45) is 5.73 Å². The highest BCUT2D eigenvalue weighted by molar-refractivity contribution is 8.00. The number of rotatable bonds is 8. The maximum Gasteiger partial charge on any atom is 0.148 e. The minimum absolute atomic E-state index is 0.00772. The average Bonchev–Trinajstić information content (AvgIpc) is 2.41. The molecule has 1 rings (SSSR count). The summed E-state index contributed by atoms with van der Waals surface area (Å²) in [5.41, 5.74) is 7.26. The minimum atomic E-state index is -2.93. The number of hydrogen-bond acceptors (Lipinski definition) is 5. The molecule has 0 aliphatic heterocycles. The second-order valence-electron chi connectivity index (χ2n) is 4.77. The predicted molar refractivity (Wildman–Crippen MR) is 86.2 cm³/mol. The van der Waals surface area contributed by atoms with E-state index < -0.39 is 9.84 Å². The Morgan fingerprint density at radius 3 is 2.65 bits per heavy atom. The van der Waals surface area contributed by atoms with Crippen LogP contribution in [0.25, 0.3) is 0 Å². The van der Waals surface area contributed by atoms with Gasteiger partial charge in [0.05, 0.1) is 12.9 Å². The van der Waals surface area contributed by atoms with Gasteiger partial charge in [-0.3, -0.25) is 0 Å². The Morgan fingerprint density at radius 2 is 2.10 bits per heavy atom. The van der Waals surface area contributed by atoms with Crippen molar-refractivity contribution in [3.63, 3.8) is 0 Å². The van der Waals surface area contributed by atoms with Crippen LogP contribution in [0.2, 0.25) is 0 Å². The first-order valence-corrected chi connectivity index (χ1v) is 9.67. The first kappa shape index (κ1) is 17.3. The van der Waals surface area contributed by atoms with Crippen LogP contribution in [0.15, 0.2) is 24.3 Å². The Morgan fingerprint density at radius 1 is 1.40 bits per heavy atom. The molecule has 20 heavy (non-hydrogen) atoms.